The summed E-state index contributed by atoms with van der Waals surface area (Å²) < 4.78 is 9.56. The quantitative estimate of drug-likeness (QED) is 0.845. The molecule has 1 aromatic rings. The van der Waals surface area contributed by atoms with Crippen molar-refractivity contribution in [2.75, 3.05) is 31.7 Å². The zero-order valence-corrected chi connectivity index (χ0v) is 9.88. The number of ether oxygens (including phenoxy) is 1. The van der Waals surface area contributed by atoms with E-state index in [1.54, 1.807) is 0 Å². The van der Waals surface area contributed by atoms with E-state index in [2.05, 4.69) is 33.6 Å². The second-order valence-corrected chi connectivity index (χ2v) is 4.58. The van der Waals surface area contributed by atoms with Crippen molar-refractivity contribution in [1.29, 1.82) is 0 Å². The third kappa shape index (κ3) is 2.87. The molecule has 0 radical (unpaired) electrons. The predicted octanol–water partition coefficient (Wildman–Crippen LogP) is 1.32. The average Bonchev–Trinajstić information content (AvgIpc) is 2.68. The first-order valence-corrected chi connectivity index (χ1v) is 5.96. The highest BCUT2D eigenvalue weighted by molar-refractivity contribution is 7.09. The molecule has 0 bridgehead atoms. The standard InChI is InChI=1S/C9H16N4OS/c1-7(2)8-10-9(15-12-8)11-13-3-5-14-6-4-13/h7H,3-6H2,1-2H3,(H,10,11,12). The topological polar surface area (TPSA) is 50.3 Å². The van der Waals surface area contributed by atoms with Gasteiger partial charge in [0, 0.05) is 30.5 Å². The first-order valence-electron chi connectivity index (χ1n) is 5.18. The molecule has 0 spiro atoms. The Labute approximate surface area is 93.6 Å². The lowest BCUT2D eigenvalue weighted by atomic mass is 10.2. The molecule has 15 heavy (non-hydrogen) atoms. The van der Waals surface area contributed by atoms with Gasteiger partial charge in [0.05, 0.1) is 13.2 Å². The van der Waals surface area contributed by atoms with Crippen LogP contribution < -0.4 is 5.43 Å². The molecule has 5 nitrogen and oxygen atoms in total. The van der Waals surface area contributed by atoms with Gasteiger partial charge in [0.1, 0.15) is 5.82 Å². The van der Waals surface area contributed by atoms with E-state index >= 15 is 0 Å². The van der Waals surface area contributed by atoms with Gasteiger partial charge in [-0.15, -0.1) is 0 Å². The number of aromatic nitrogens is 2. The van der Waals surface area contributed by atoms with Gasteiger partial charge in [0.25, 0.3) is 0 Å². The van der Waals surface area contributed by atoms with Crippen molar-refractivity contribution in [1.82, 2.24) is 14.4 Å². The van der Waals surface area contributed by atoms with Crippen molar-refractivity contribution >= 4 is 16.7 Å². The van der Waals surface area contributed by atoms with Crippen LogP contribution in [0.1, 0.15) is 25.6 Å². The zero-order valence-electron chi connectivity index (χ0n) is 9.06. The average molecular weight is 228 g/mol. The molecular weight excluding hydrogens is 212 g/mol. The number of hydrogen-bond acceptors (Lipinski definition) is 6. The summed E-state index contributed by atoms with van der Waals surface area (Å²) in [7, 11) is 0. The largest absolute Gasteiger partial charge is 0.379 e. The maximum absolute atomic E-state index is 5.27. The number of nitrogens with zero attached hydrogens (tertiary/aromatic N) is 3. The number of morpholine rings is 1. The number of rotatable bonds is 3. The minimum absolute atomic E-state index is 0.390. The minimum atomic E-state index is 0.390. The SMILES string of the molecule is CC(C)c1nsc(NN2CCOCC2)n1. The Morgan fingerprint density at radius 3 is 2.73 bits per heavy atom. The highest BCUT2D eigenvalue weighted by Crippen LogP contribution is 2.17. The summed E-state index contributed by atoms with van der Waals surface area (Å²) >= 11 is 1.42. The van der Waals surface area contributed by atoms with Gasteiger partial charge in [-0.25, -0.2) is 9.99 Å². The van der Waals surface area contributed by atoms with Crippen molar-refractivity contribution in [3.05, 3.63) is 5.82 Å². The third-order valence-corrected chi connectivity index (χ3v) is 2.86. The molecule has 84 valence electrons. The lowest BCUT2D eigenvalue weighted by molar-refractivity contribution is 0.0497. The Morgan fingerprint density at radius 2 is 2.13 bits per heavy atom. The normalized spacial score (nSPS) is 18.3. The maximum atomic E-state index is 5.27. The molecule has 1 aliphatic rings. The molecule has 1 fully saturated rings. The first-order chi connectivity index (χ1) is 7.25. The van der Waals surface area contributed by atoms with E-state index < -0.39 is 0 Å². The van der Waals surface area contributed by atoms with E-state index in [-0.39, 0.29) is 0 Å². The van der Waals surface area contributed by atoms with Crippen molar-refractivity contribution in [2.45, 2.75) is 19.8 Å². The Morgan fingerprint density at radius 1 is 1.40 bits per heavy atom. The maximum Gasteiger partial charge on any atom is 0.217 e. The molecular formula is C9H16N4OS. The van der Waals surface area contributed by atoms with E-state index in [1.807, 2.05) is 0 Å². The van der Waals surface area contributed by atoms with Gasteiger partial charge in [-0.05, 0) is 0 Å². The summed E-state index contributed by atoms with van der Waals surface area (Å²) in [4.78, 5) is 4.42. The van der Waals surface area contributed by atoms with Crippen LogP contribution in [-0.2, 0) is 4.74 Å². The predicted molar refractivity (Wildman–Crippen MR) is 60.0 cm³/mol. The van der Waals surface area contributed by atoms with Gasteiger partial charge >= 0.3 is 0 Å². The van der Waals surface area contributed by atoms with E-state index in [0.29, 0.717) is 5.92 Å². The summed E-state index contributed by atoms with van der Waals surface area (Å²) in [5.74, 6) is 1.30. The van der Waals surface area contributed by atoms with E-state index in [9.17, 15) is 0 Å². The number of nitrogens with one attached hydrogen (secondary N) is 1. The molecule has 1 N–H and O–H groups in total. The molecule has 1 aliphatic heterocycles. The van der Waals surface area contributed by atoms with Crippen molar-refractivity contribution in [2.24, 2.45) is 0 Å². The van der Waals surface area contributed by atoms with Gasteiger partial charge in [0.2, 0.25) is 5.13 Å². The molecule has 2 heterocycles. The van der Waals surface area contributed by atoms with Crippen LogP contribution in [0.4, 0.5) is 5.13 Å². The van der Waals surface area contributed by atoms with Gasteiger partial charge in [-0.3, -0.25) is 5.43 Å². The summed E-state index contributed by atoms with van der Waals surface area (Å²) in [6, 6.07) is 0. The van der Waals surface area contributed by atoms with E-state index in [4.69, 9.17) is 4.74 Å². The summed E-state index contributed by atoms with van der Waals surface area (Å²) in [6.07, 6.45) is 0. The van der Waals surface area contributed by atoms with Gasteiger partial charge in [-0.2, -0.15) is 4.37 Å². The molecule has 2 rings (SSSR count). The van der Waals surface area contributed by atoms with Crippen LogP contribution in [0.3, 0.4) is 0 Å². The Balaban J connectivity index is 1.91. The molecule has 0 atom stereocenters. The number of hydrazine groups is 1. The monoisotopic (exact) mass is 228 g/mol. The van der Waals surface area contributed by atoms with Crippen LogP contribution in [0, 0.1) is 0 Å². The van der Waals surface area contributed by atoms with Crippen LogP contribution in [0.25, 0.3) is 0 Å². The van der Waals surface area contributed by atoms with E-state index in [0.717, 1.165) is 37.3 Å². The molecule has 6 heteroatoms. The first kappa shape index (κ1) is 10.8. The fourth-order valence-electron chi connectivity index (χ4n) is 1.33. The van der Waals surface area contributed by atoms with Crippen molar-refractivity contribution in [3.63, 3.8) is 0 Å². The van der Waals surface area contributed by atoms with Crippen LogP contribution in [0.5, 0.6) is 0 Å². The summed E-state index contributed by atoms with van der Waals surface area (Å²) in [5, 5.41) is 2.99. The van der Waals surface area contributed by atoms with Crippen molar-refractivity contribution in [3.8, 4) is 0 Å². The molecule has 0 amide bonds. The molecule has 0 aliphatic carbocycles. The molecule has 0 unspecified atom stereocenters. The minimum Gasteiger partial charge on any atom is -0.379 e. The van der Waals surface area contributed by atoms with Crippen LogP contribution in [0.15, 0.2) is 0 Å². The fraction of sp³-hybridized carbons (Fsp3) is 0.778. The second kappa shape index (κ2) is 4.87. The van der Waals surface area contributed by atoms with Crippen LogP contribution in [-0.4, -0.2) is 40.7 Å². The summed E-state index contributed by atoms with van der Waals surface area (Å²) in [5.41, 5.74) is 3.25. The molecule has 0 saturated carbocycles. The second-order valence-electron chi connectivity index (χ2n) is 3.82. The lowest BCUT2D eigenvalue weighted by Crippen LogP contribution is -2.40. The van der Waals surface area contributed by atoms with E-state index in [1.165, 1.54) is 11.5 Å². The fourth-order valence-corrected chi connectivity index (χ4v) is 2.06. The Bertz CT molecular complexity index is 309. The highest BCUT2D eigenvalue weighted by Gasteiger charge is 2.13. The van der Waals surface area contributed by atoms with Crippen LogP contribution in [0.2, 0.25) is 0 Å². The molecule has 1 aromatic heterocycles. The number of hydrogen-bond donors (Lipinski definition) is 1. The zero-order chi connectivity index (χ0) is 10.7. The number of anilines is 1. The highest BCUT2D eigenvalue weighted by atomic mass is 32.1. The van der Waals surface area contributed by atoms with Gasteiger partial charge in [-0.1, -0.05) is 13.8 Å². The Hall–Kier alpha value is -0.720. The van der Waals surface area contributed by atoms with Crippen molar-refractivity contribution < 1.29 is 4.74 Å². The van der Waals surface area contributed by atoms with Gasteiger partial charge < -0.3 is 4.74 Å². The molecule has 0 aromatic carbocycles. The molecule has 1 saturated heterocycles. The Kier molecular flexibility index (Phi) is 3.50. The van der Waals surface area contributed by atoms with Gasteiger partial charge in [0.15, 0.2) is 0 Å². The third-order valence-electron chi connectivity index (χ3n) is 2.22. The lowest BCUT2D eigenvalue weighted by Gasteiger charge is -2.26. The summed E-state index contributed by atoms with van der Waals surface area (Å²) in [6.45, 7) is 7.56. The smallest absolute Gasteiger partial charge is 0.217 e. The van der Waals surface area contributed by atoms with Crippen LogP contribution >= 0.6 is 11.5 Å².